The summed E-state index contributed by atoms with van der Waals surface area (Å²) in [7, 11) is -0.408. The normalized spacial score (nSPS) is 11.6. The van der Waals surface area contributed by atoms with E-state index in [9.17, 15) is 13.2 Å². The van der Waals surface area contributed by atoms with Gasteiger partial charge in [-0.15, -0.1) is 0 Å². The first-order valence-electron chi connectivity index (χ1n) is 5.70. The summed E-state index contributed by atoms with van der Waals surface area (Å²) in [4.78, 5) is 15.6. The van der Waals surface area contributed by atoms with Crippen molar-refractivity contribution in [3.05, 3.63) is 29.6 Å². The Morgan fingerprint density at radius 1 is 1.42 bits per heavy atom. The molecule has 106 valence electrons. The maximum Gasteiger partial charge on any atom is 0.269 e. The zero-order chi connectivity index (χ0) is 14.5. The fourth-order valence-corrected chi connectivity index (χ4v) is 1.97. The first kappa shape index (κ1) is 15.5. The minimum Gasteiger partial charge on any atom is -0.350 e. The van der Waals surface area contributed by atoms with Gasteiger partial charge in [0.15, 0.2) is 0 Å². The number of carbonyl (C=O) groups excluding carboxylic acids is 1. The standard InChI is InChI=1S/C11H18N4O3S/c1-15(2)19(17,18)6-5-13-11(16)10-4-3-9(7-12)8-14-10/h3-4,8H,5-7,12H2,1-2H3,(H,13,16). The van der Waals surface area contributed by atoms with E-state index in [1.807, 2.05) is 0 Å². The van der Waals surface area contributed by atoms with Crippen molar-refractivity contribution in [2.45, 2.75) is 6.54 Å². The third-order valence-electron chi connectivity index (χ3n) is 2.49. The van der Waals surface area contributed by atoms with Crippen molar-refractivity contribution < 1.29 is 13.2 Å². The summed E-state index contributed by atoms with van der Waals surface area (Å²) in [6.45, 7) is 0.398. The molecule has 0 spiro atoms. The molecule has 0 aromatic carbocycles. The van der Waals surface area contributed by atoms with Crippen molar-refractivity contribution in [3.63, 3.8) is 0 Å². The Hall–Kier alpha value is -1.51. The summed E-state index contributed by atoms with van der Waals surface area (Å²) in [5.74, 6) is -0.551. The molecule has 3 N–H and O–H groups in total. The van der Waals surface area contributed by atoms with Crippen LogP contribution in [0.2, 0.25) is 0 Å². The lowest BCUT2D eigenvalue weighted by Gasteiger charge is -2.11. The molecule has 1 heterocycles. The van der Waals surface area contributed by atoms with Gasteiger partial charge in [0.1, 0.15) is 5.69 Å². The van der Waals surface area contributed by atoms with Crippen LogP contribution >= 0.6 is 0 Å². The van der Waals surface area contributed by atoms with Crippen LogP contribution in [0, 0.1) is 0 Å². The highest BCUT2D eigenvalue weighted by Gasteiger charge is 2.14. The molecule has 0 fully saturated rings. The SMILES string of the molecule is CN(C)S(=O)(=O)CCNC(=O)c1ccc(CN)cn1. The monoisotopic (exact) mass is 286 g/mol. The van der Waals surface area contributed by atoms with Gasteiger partial charge >= 0.3 is 0 Å². The van der Waals surface area contributed by atoms with Crippen molar-refractivity contribution in [1.82, 2.24) is 14.6 Å². The van der Waals surface area contributed by atoms with E-state index in [2.05, 4.69) is 10.3 Å². The molecule has 0 unspecified atom stereocenters. The largest absolute Gasteiger partial charge is 0.350 e. The Bertz CT molecular complexity index is 525. The Labute approximate surface area is 112 Å². The van der Waals surface area contributed by atoms with Gasteiger partial charge in [-0.1, -0.05) is 6.07 Å². The molecule has 0 radical (unpaired) electrons. The summed E-state index contributed by atoms with van der Waals surface area (Å²) in [5.41, 5.74) is 6.48. The second-order valence-corrected chi connectivity index (χ2v) is 6.41. The molecule has 0 aliphatic carbocycles. The number of carbonyl (C=O) groups is 1. The molecule has 7 nitrogen and oxygen atoms in total. The molecule has 1 aromatic rings. The molecule has 0 atom stereocenters. The highest BCUT2D eigenvalue weighted by atomic mass is 32.2. The van der Waals surface area contributed by atoms with E-state index in [-0.39, 0.29) is 18.0 Å². The van der Waals surface area contributed by atoms with Gasteiger partial charge in [-0.05, 0) is 11.6 Å². The van der Waals surface area contributed by atoms with E-state index in [0.717, 1.165) is 9.87 Å². The number of rotatable bonds is 6. The van der Waals surface area contributed by atoms with Gasteiger partial charge in [0.05, 0.1) is 5.75 Å². The lowest BCUT2D eigenvalue weighted by atomic mass is 10.2. The van der Waals surface area contributed by atoms with Crippen LogP contribution in [0.1, 0.15) is 16.1 Å². The number of aromatic nitrogens is 1. The molecule has 19 heavy (non-hydrogen) atoms. The number of pyridine rings is 1. The molecule has 1 aromatic heterocycles. The topological polar surface area (TPSA) is 105 Å². The Kier molecular flexibility index (Phi) is 5.40. The van der Waals surface area contributed by atoms with Crippen molar-refractivity contribution in [3.8, 4) is 0 Å². The molecule has 1 rings (SSSR count). The highest BCUT2D eigenvalue weighted by Crippen LogP contribution is 1.99. The van der Waals surface area contributed by atoms with Crippen LogP contribution in [-0.2, 0) is 16.6 Å². The van der Waals surface area contributed by atoms with E-state index in [4.69, 9.17) is 5.73 Å². The number of nitrogens with one attached hydrogen (secondary N) is 1. The maximum atomic E-state index is 11.7. The van der Waals surface area contributed by atoms with Crippen molar-refractivity contribution in [1.29, 1.82) is 0 Å². The maximum absolute atomic E-state index is 11.7. The van der Waals surface area contributed by atoms with Gasteiger partial charge in [-0.3, -0.25) is 9.78 Å². The quantitative estimate of drug-likeness (QED) is 0.709. The third-order valence-corrected chi connectivity index (χ3v) is 4.33. The van der Waals surface area contributed by atoms with Crippen molar-refractivity contribution >= 4 is 15.9 Å². The smallest absolute Gasteiger partial charge is 0.269 e. The number of amides is 1. The van der Waals surface area contributed by atoms with Gasteiger partial charge in [0, 0.05) is 33.4 Å². The molecule has 0 saturated heterocycles. The van der Waals surface area contributed by atoms with E-state index < -0.39 is 15.9 Å². The van der Waals surface area contributed by atoms with Crippen molar-refractivity contribution in [2.75, 3.05) is 26.4 Å². The van der Waals surface area contributed by atoms with Crippen molar-refractivity contribution in [2.24, 2.45) is 5.73 Å². The van der Waals surface area contributed by atoms with Gasteiger partial charge in [0.25, 0.3) is 5.91 Å². The van der Waals surface area contributed by atoms with Crippen LogP contribution in [0.25, 0.3) is 0 Å². The number of nitrogens with zero attached hydrogens (tertiary/aromatic N) is 2. The Morgan fingerprint density at radius 2 is 2.11 bits per heavy atom. The average Bonchev–Trinajstić information content (AvgIpc) is 2.38. The van der Waals surface area contributed by atoms with E-state index in [1.54, 1.807) is 12.1 Å². The van der Waals surface area contributed by atoms with Gasteiger partial charge < -0.3 is 11.1 Å². The van der Waals surface area contributed by atoms with Crippen LogP contribution in [0.3, 0.4) is 0 Å². The Morgan fingerprint density at radius 3 is 2.58 bits per heavy atom. The molecular weight excluding hydrogens is 268 g/mol. The minimum absolute atomic E-state index is 0.0413. The first-order valence-corrected chi connectivity index (χ1v) is 7.31. The van der Waals surface area contributed by atoms with E-state index in [1.165, 1.54) is 20.3 Å². The summed E-state index contributed by atoms with van der Waals surface area (Å²) < 4.78 is 24.1. The molecule has 1 amide bonds. The minimum atomic E-state index is -3.31. The molecule has 8 heteroatoms. The van der Waals surface area contributed by atoms with Crippen LogP contribution in [0.5, 0.6) is 0 Å². The number of hydrogen-bond donors (Lipinski definition) is 2. The fourth-order valence-electron chi connectivity index (χ4n) is 1.25. The second-order valence-electron chi connectivity index (χ2n) is 4.11. The molecule has 0 saturated carbocycles. The lowest BCUT2D eigenvalue weighted by molar-refractivity contribution is 0.0951. The van der Waals surface area contributed by atoms with Crippen LogP contribution in [0.15, 0.2) is 18.3 Å². The first-order chi connectivity index (χ1) is 8.86. The van der Waals surface area contributed by atoms with Gasteiger partial charge in [-0.2, -0.15) is 0 Å². The predicted octanol–water partition coefficient (Wildman–Crippen LogP) is -0.838. The van der Waals surface area contributed by atoms with Crippen LogP contribution in [0.4, 0.5) is 0 Å². The number of sulfonamides is 1. The summed E-state index contributed by atoms with van der Waals surface area (Å²) in [6, 6.07) is 3.26. The third kappa shape index (κ3) is 4.58. The average molecular weight is 286 g/mol. The van der Waals surface area contributed by atoms with Crippen LogP contribution in [-0.4, -0.2) is 50.0 Å². The molecule has 0 bridgehead atoms. The summed E-state index contributed by atoms with van der Waals surface area (Å²) in [5, 5.41) is 2.51. The highest BCUT2D eigenvalue weighted by molar-refractivity contribution is 7.89. The van der Waals surface area contributed by atoms with E-state index >= 15 is 0 Å². The fraction of sp³-hybridized carbons (Fsp3) is 0.455. The Balaban J connectivity index is 2.52. The number of hydrogen-bond acceptors (Lipinski definition) is 5. The number of nitrogens with two attached hydrogens (primary N) is 1. The summed E-state index contributed by atoms with van der Waals surface area (Å²) in [6.07, 6.45) is 1.52. The van der Waals surface area contributed by atoms with E-state index in [0.29, 0.717) is 6.54 Å². The zero-order valence-electron chi connectivity index (χ0n) is 11.0. The molecular formula is C11H18N4O3S. The van der Waals surface area contributed by atoms with Gasteiger partial charge in [-0.25, -0.2) is 12.7 Å². The van der Waals surface area contributed by atoms with Gasteiger partial charge in [0.2, 0.25) is 10.0 Å². The summed E-state index contributed by atoms with van der Waals surface area (Å²) >= 11 is 0. The zero-order valence-corrected chi connectivity index (χ0v) is 11.8. The predicted molar refractivity (Wildman–Crippen MR) is 71.9 cm³/mol. The molecule has 0 aliphatic heterocycles. The lowest BCUT2D eigenvalue weighted by Crippen LogP contribution is -2.34. The molecule has 0 aliphatic rings. The van der Waals surface area contributed by atoms with Crippen LogP contribution < -0.4 is 11.1 Å². The second kappa shape index (κ2) is 6.60.